The number of ether oxygens (including phenoxy) is 1. The first-order valence-corrected chi connectivity index (χ1v) is 7.47. The topological polar surface area (TPSA) is 108 Å². The molecule has 19 heavy (non-hydrogen) atoms. The summed E-state index contributed by atoms with van der Waals surface area (Å²) < 4.78 is 5.77. The summed E-state index contributed by atoms with van der Waals surface area (Å²) in [6.45, 7) is 0. The summed E-state index contributed by atoms with van der Waals surface area (Å²) >= 11 is 1.21. The van der Waals surface area contributed by atoms with E-state index >= 15 is 0 Å². The number of rotatable bonds is 2. The van der Waals surface area contributed by atoms with Crippen molar-refractivity contribution >= 4 is 16.9 Å². The van der Waals surface area contributed by atoms with Gasteiger partial charge in [0.05, 0.1) is 11.7 Å². The van der Waals surface area contributed by atoms with Crippen molar-refractivity contribution < 1.29 is 20.1 Å². The highest BCUT2D eigenvalue weighted by molar-refractivity contribution is 8.14. The molecule has 0 bridgehead atoms. The van der Waals surface area contributed by atoms with Crippen molar-refractivity contribution in [1.82, 2.24) is 0 Å². The molecular weight excluding hydrogens is 268 g/mol. The molecule has 6 nitrogen and oxygen atoms in total. The van der Waals surface area contributed by atoms with Crippen molar-refractivity contribution in [2.45, 2.75) is 61.5 Å². The third kappa shape index (κ3) is 3.22. The Balaban J connectivity index is 2.08. The standard InChI is InChI=1S/C12H22N2O4S/c1-14-11(13)19-8-6-7(15)9(16)10(18-8)12(17)4-2-3-5-12/h7-10,15-17H,2-6H2,1H3,(H2,13,14). The number of hydrogen-bond acceptors (Lipinski definition) is 6. The first-order valence-electron chi connectivity index (χ1n) is 6.59. The second kappa shape index (κ2) is 5.97. The molecule has 0 amide bonds. The van der Waals surface area contributed by atoms with Crippen LogP contribution in [0, 0.1) is 0 Å². The van der Waals surface area contributed by atoms with E-state index in [1.165, 1.54) is 11.8 Å². The summed E-state index contributed by atoms with van der Waals surface area (Å²) in [6, 6.07) is 0. The van der Waals surface area contributed by atoms with Gasteiger partial charge in [-0.1, -0.05) is 24.6 Å². The molecule has 0 spiro atoms. The summed E-state index contributed by atoms with van der Waals surface area (Å²) in [5.41, 5.74) is 4.21. The molecule has 0 radical (unpaired) electrons. The lowest BCUT2D eigenvalue weighted by atomic mass is 9.86. The summed E-state index contributed by atoms with van der Waals surface area (Å²) in [5.74, 6) is 0. The SMILES string of the molecule is CN=C(N)SC1CC(O)C(O)C(C2(O)CCCC2)O1. The Labute approximate surface area is 117 Å². The zero-order chi connectivity index (χ0) is 14.0. The Morgan fingerprint density at radius 1 is 1.37 bits per heavy atom. The predicted molar refractivity (Wildman–Crippen MR) is 73.8 cm³/mol. The number of nitrogens with two attached hydrogens (primary N) is 1. The smallest absolute Gasteiger partial charge is 0.156 e. The van der Waals surface area contributed by atoms with E-state index in [2.05, 4.69) is 4.99 Å². The van der Waals surface area contributed by atoms with Crippen molar-refractivity contribution in [3.05, 3.63) is 0 Å². The van der Waals surface area contributed by atoms with Gasteiger partial charge in [-0.2, -0.15) is 0 Å². The van der Waals surface area contributed by atoms with Gasteiger partial charge in [0.15, 0.2) is 5.17 Å². The fourth-order valence-corrected chi connectivity index (χ4v) is 3.66. The largest absolute Gasteiger partial charge is 0.390 e. The molecule has 4 atom stereocenters. The van der Waals surface area contributed by atoms with Gasteiger partial charge in [0.1, 0.15) is 17.6 Å². The molecule has 1 aliphatic heterocycles. The number of amidine groups is 1. The third-order valence-electron chi connectivity index (χ3n) is 3.91. The van der Waals surface area contributed by atoms with Crippen molar-refractivity contribution in [3.63, 3.8) is 0 Å². The average Bonchev–Trinajstić information content (AvgIpc) is 2.81. The van der Waals surface area contributed by atoms with E-state index in [-0.39, 0.29) is 6.42 Å². The molecule has 1 aliphatic carbocycles. The molecule has 1 saturated carbocycles. The highest BCUT2D eigenvalue weighted by Crippen LogP contribution is 2.40. The Bertz CT molecular complexity index is 347. The molecule has 2 fully saturated rings. The average molecular weight is 290 g/mol. The van der Waals surface area contributed by atoms with E-state index < -0.39 is 29.3 Å². The maximum atomic E-state index is 10.5. The summed E-state index contributed by atoms with van der Waals surface area (Å²) in [7, 11) is 1.58. The number of aliphatic hydroxyl groups is 3. The van der Waals surface area contributed by atoms with Gasteiger partial charge in [0.2, 0.25) is 0 Å². The van der Waals surface area contributed by atoms with E-state index in [0.29, 0.717) is 18.0 Å². The van der Waals surface area contributed by atoms with Gasteiger partial charge < -0.3 is 25.8 Å². The zero-order valence-electron chi connectivity index (χ0n) is 11.0. The van der Waals surface area contributed by atoms with Gasteiger partial charge in [0.25, 0.3) is 0 Å². The second-order valence-electron chi connectivity index (χ2n) is 5.27. The summed E-state index contributed by atoms with van der Waals surface area (Å²) in [4.78, 5) is 3.84. The highest BCUT2D eigenvalue weighted by Gasteiger charge is 2.50. The summed E-state index contributed by atoms with van der Waals surface area (Å²) in [6.07, 6.45) is 0.553. The van der Waals surface area contributed by atoms with Gasteiger partial charge >= 0.3 is 0 Å². The minimum Gasteiger partial charge on any atom is -0.390 e. The number of aliphatic imine (C=N–C) groups is 1. The summed E-state index contributed by atoms with van der Waals surface area (Å²) in [5, 5.41) is 30.9. The third-order valence-corrected chi connectivity index (χ3v) is 4.90. The van der Waals surface area contributed by atoms with Crippen LogP contribution >= 0.6 is 11.8 Å². The van der Waals surface area contributed by atoms with E-state index in [9.17, 15) is 15.3 Å². The van der Waals surface area contributed by atoms with E-state index in [1.54, 1.807) is 7.05 Å². The van der Waals surface area contributed by atoms with Crippen LogP contribution in [0.4, 0.5) is 0 Å². The number of aliphatic hydroxyl groups excluding tert-OH is 2. The maximum absolute atomic E-state index is 10.5. The van der Waals surface area contributed by atoms with Crippen LogP contribution in [0.15, 0.2) is 4.99 Å². The van der Waals surface area contributed by atoms with E-state index in [0.717, 1.165) is 12.8 Å². The quantitative estimate of drug-likeness (QED) is 0.414. The van der Waals surface area contributed by atoms with Crippen molar-refractivity contribution in [2.75, 3.05) is 7.05 Å². The van der Waals surface area contributed by atoms with E-state index in [1.807, 2.05) is 0 Å². The van der Waals surface area contributed by atoms with Crippen LogP contribution in [0.1, 0.15) is 32.1 Å². The molecule has 7 heteroatoms. The molecule has 0 aromatic carbocycles. The van der Waals surface area contributed by atoms with Gasteiger partial charge in [-0.05, 0) is 12.8 Å². The molecule has 2 aliphatic rings. The zero-order valence-corrected chi connectivity index (χ0v) is 11.8. The first-order chi connectivity index (χ1) is 8.96. The van der Waals surface area contributed by atoms with Crippen molar-refractivity contribution in [1.29, 1.82) is 0 Å². The number of hydrogen-bond donors (Lipinski definition) is 4. The molecule has 4 unspecified atom stereocenters. The Morgan fingerprint density at radius 2 is 2.00 bits per heavy atom. The van der Waals surface area contributed by atoms with Crippen LogP contribution in [0.25, 0.3) is 0 Å². The van der Waals surface area contributed by atoms with Gasteiger partial charge in [0, 0.05) is 13.5 Å². The monoisotopic (exact) mass is 290 g/mol. The lowest BCUT2D eigenvalue weighted by Crippen LogP contribution is -2.58. The first kappa shape index (κ1) is 15.1. The molecule has 110 valence electrons. The molecule has 5 N–H and O–H groups in total. The minimum absolute atomic E-state index is 0.272. The number of nitrogens with zero attached hydrogens (tertiary/aromatic N) is 1. The van der Waals surface area contributed by atoms with Crippen LogP contribution in [-0.4, -0.2) is 56.9 Å². The molecule has 0 aromatic rings. The minimum atomic E-state index is -1.06. The normalized spacial score (nSPS) is 39.5. The molecule has 2 rings (SSSR count). The van der Waals surface area contributed by atoms with Gasteiger partial charge in [-0.3, -0.25) is 4.99 Å². The Morgan fingerprint density at radius 3 is 2.58 bits per heavy atom. The molecule has 1 saturated heterocycles. The van der Waals surface area contributed by atoms with Crippen LogP contribution in [0.5, 0.6) is 0 Å². The molecule has 1 heterocycles. The fourth-order valence-electron chi connectivity index (χ4n) is 2.82. The van der Waals surface area contributed by atoms with Crippen LogP contribution in [0.3, 0.4) is 0 Å². The maximum Gasteiger partial charge on any atom is 0.156 e. The second-order valence-corrected chi connectivity index (χ2v) is 6.45. The Kier molecular flexibility index (Phi) is 4.73. The number of thioether (sulfide) groups is 1. The highest BCUT2D eigenvalue weighted by atomic mass is 32.2. The van der Waals surface area contributed by atoms with Gasteiger partial charge in [-0.25, -0.2) is 0 Å². The lowest BCUT2D eigenvalue weighted by Gasteiger charge is -2.43. The van der Waals surface area contributed by atoms with Crippen molar-refractivity contribution in [2.24, 2.45) is 10.7 Å². The van der Waals surface area contributed by atoms with Crippen LogP contribution in [-0.2, 0) is 4.74 Å². The van der Waals surface area contributed by atoms with E-state index in [4.69, 9.17) is 10.5 Å². The molecular formula is C12H22N2O4S. The predicted octanol–water partition coefficient (Wildman–Crippen LogP) is -0.194. The fraction of sp³-hybridized carbons (Fsp3) is 0.917. The van der Waals surface area contributed by atoms with Crippen LogP contribution in [0.2, 0.25) is 0 Å². The Hall–Kier alpha value is -0.340. The lowest BCUT2D eigenvalue weighted by molar-refractivity contribution is -0.211. The van der Waals surface area contributed by atoms with Crippen molar-refractivity contribution in [3.8, 4) is 0 Å². The van der Waals surface area contributed by atoms with Crippen LogP contribution < -0.4 is 5.73 Å². The molecule has 0 aromatic heterocycles. The van der Waals surface area contributed by atoms with Gasteiger partial charge in [-0.15, -0.1) is 0 Å².